The summed E-state index contributed by atoms with van der Waals surface area (Å²) in [6.45, 7) is 0.950. The topological polar surface area (TPSA) is 71.4 Å². The number of hydrogen-bond donors (Lipinski definition) is 1. The molecule has 22 heavy (non-hydrogen) atoms. The Balaban J connectivity index is 1.87. The highest BCUT2D eigenvalue weighted by atomic mass is 79.9. The number of hydrogen-bond acceptors (Lipinski definition) is 4. The maximum Gasteiger partial charge on any atom is 0.256 e. The van der Waals surface area contributed by atoms with Crippen LogP contribution >= 0.6 is 15.9 Å². The van der Waals surface area contributed by atoms with Gasteiger partial charge in [-0.1, -0.05) is 6.07 Å². The third kappa shape index (κ3) is 2.90. The molecule has 1 aliphatic heterocycles. The smallest absolute Gasteiger partial charge is 0.256 e. The fourth-order valence-corrected chi connectivity index (χ4v) is 2.61. The van der Waals surface area contributed by atoms with Gasteiger partial charge in [-0.15, -0.1) is 0 Å². The van der Waals surface area contributed by atoms with Crippen LogP contribution in [0.15, 0.2) is 40.9 Å². The Kier molecular flexibility index (Phi) is 3.98. The van der Waals surface area contributed by atoms with Crippen molar-refractivity contribution in [3.63, 3.8) is 0 Å². The van der Waals surface area contributed by atoms with Crippen molar-refractivity contribution in [2.24, 2.45) is 0 Å². The highest BCUT2D eigenvalue weighted by molar-refractivity contribution is 9.10. The molecule has 0 aliphatic carbocycles. The van der Waals surface area contributed by atoms with E-state index < -0.39 is 0 Å². The molecule has 0 radical (unpaired) electrons. The second kappa shape index (κ2) is 6.08. The maximum absolute atomic E-state index is 12.4. The number of rotatable bonds is 2. The molecule has 6 heteroatoms. The van der Waals surface area contributed by atoms with Gasteiger partial charge in [0, 0.05) is 10.2 Å². The molecule has 0 bridgehead atoms. The third-order valence-electron chi connectivity index (χ3n) is 3.13. The van der Waals surface area contributed by atoms with Gasteiger partial charge in [-0.3, -0.25) is 4.79 Å². The van der Waals surface area contributed by atoms with Crippen molar-refractivity contribution in [1.82, 2.24) is 0 Å². The summed E-state index contributed by atoms with van der Waals surface area (Å²) in [7, 11) is 0. The number of carbonyl (C=O) groups excluding carboxylic acids is 1. The molecule has 0 unspecified atom stereocenters. The number of fused-ring (bicyclic) bond motifs is 1. The number of halogens is 1. The number of benzene rings is 2. The Morgan fingerprint density at radius 1 is 1.18 bits per heavy atom. The molecule has 1 amide bonds. The Labute approximate surface area is 135 Å². The minimum absolute atomic E-state index is 0.293. The maximum atomic E-state index is 12.4. The van der Waals surface area contributed by atoms with Crippen LogP contribution in [0, 0.1) is 11.3 Å². The number of nitrogens with one attached hydrogen (secondary N) is 1. The predicted molar refractivity (Wildman–Crippen MR) is 84.2 cm³/mol. The first kappa shape index (κ1) is 14.4. The van der Waals surface area contributed by atoms with Crippen LogP contribution in [-0.4, -0.2) is 19.1 Å². The van der Waals surface area contributed by atoms with E-state index in [9.17, 15) is 4.79 Å². The summed E-state index contributed by atoms with van der Waals surface area (Å²) in [6, 6.07) is 12.1. The molecule has 2 aromatic rings. The fourth-order valence-electron chi connectivity index (χ4n) is 2.10. The van der Waals surface area contributed by atoms with Crippen LogP contribution in [0.2, 0.25) is 0 Å². The fraction of sp³-hybridized carbons (Fsp3) is 0.125. The van der Waals surface area contributed by atoms with Crippen LogP contribution in [-0.2, 0) is 0 Å². The van der Waals surface area contributed by atoms with Gasteiger partial charge < -0.3 is 14.8 Å². The van der Waals surface area contributed by atoms with Crippen molar-refractivity contribution < 1.29 is 14.3 Å². The molecular formula is C16H11BrN2O3. The number of ether oxygens (including phenoxy) is 2. The van der Waals surface area contributed by atoms with Gasteiger partial charge in [0.25, 0.3) is 5.91 Å². The minimum Gasteiger partial charge on any atom is -0.486 e. The molecular weight excluding hydrogens is 348 g/mol. The zero-order chi connectivity index (χ0) is 15.5. The van der Waals surface area contributed by atoms with Crippen LogP contribution in [0.3, 0.4) is 0 Å². The predicted octanol–water partition coefficient (Wildman–Crippen LogP) is 3.34. The number of anilines is 1. The van der Waals surface area contributed by atoms with Crippen LogP contribution in [0.5, 0.6) is 11.5 Å². The van der Waals surface area contributed by atoms with Gasteiger partial charge in [-0.2, -0.15) is 5.26 Å². The van der Waals surface area contributed by atoms with Crippen molar-refractivity contribution in [2.75, 3.05) is 18.5 Å². The van der Waals surface area contributed by atoms with Crippen molar-refractivity contribution in [1.29, 1.82) is 5.26 Å². The van der Waals surface area contributed by atoms with E-state index in [1.165, 1.54) is 0 Å². The van der Waals surface area contributed by atoms with Gasteiger partial charge in [0.1, 0.15) is 13.2 Å². The highest BCUT2D eigenvalue weighted by Crippen LogP contribution is 2.35. The molecule has 1 N–H and O–H groups in total. The lowest BCUT2D eigenvalue weighted by Gasteiger charge is -2.19. The van der Waals surface area contributed by atoms with Crippen molar-refractivity contribution in [3.05, 3.63) is 52.0 Å². The average Bonchev–Trinajstić information content (AvgIpc) is 2.54. The third-order valence-corrected chi connectivity index (χ3v) is 3.78. The molecule has 110 valence electrons. The number of nitriles is 1. The standard InChI is InChI=1S/C16H11BrN2O3/c17-13-8-15-14(21-4-5-22-15)7-12(13)16(20)19-11-3-1-2-10(6-11)9-18/h1-3,6-8H,4-5H2,(H,19,20). The highest BCUT2D eigenvalue weighted by Gasteiger charge is 2.18. The zero-order valence-corrected chi connectivity index (χ0v) is 13.0. The second-order valence-corrected chi connectivity index (χ2v) is 5.48. The summed E-state index contributed by atoms with van der Waals surface area (Å²) < 4.78 is 11.6. The number of carbonyl (C=O) groups is 1. The largest absolute Gasteiger partial charge is 0.486 e. The quantitative estimate of drug-likeness (QED) is 0.893. The van der Waals surface area contributed by atoms with E-state index in [2.05, 4.69) is 21.2 Å². The molecule has 0 fully saturated rings. The first-order valence-corrected chi connectivity index (χ1v) is 7.37. The van der Waals surface area contributed by atoms with Crippen LogP contribution in [0.4, 0.5) is 5.69 Å². The number of amides is 1. The summed E-state index contributed by atoms with van der Waals surface area (Å²) in [5, 5.41) is 11.7. The normalized spacial score (nSPS) is 12.4. The van der Waals surface area contributed by atoms with E-state index in [0.717, 1.165) is 0 Å². The Hall–Kier alpha value is -2.52. The summed E-state index contributed by atoms with van der Waals surface area (Å²) >= 11 is 3.37. The Morgan fingerprint density at radius 3 is 2.64 bits per heavy atom. The van der Waals surface area contributed by atoms with E-state index in [1.807, 2.05) is 6.07 Å². The van der Waals surface area contributed by atoms with E-state index in [4.69, 9.17) is 14.7 Å². The van der Waals surface area contributed by atoms with Crippen molar-refractivity contribution >= 4 is 27.5 Å². The summed E-state index contributed by atoms with van der Waals surface area (Å²) in [4.78, 5) is 12.4. The van der Waals surface area contributed by atoms with Gasteiger partial charge in [-0.05, 0) is 46.3 Å². The van der Waals surface area contributed by atoms with Crippen molar-refractivity contribution in [3.8, 4) is 17.6 Å². The lowest BCUT2D eigenvalue weighted by atomic mass is 10.1. The molecule has 0 spiro atoms. The lowest BCUT2D eigenvalue weighted by molar-refractivity contribution is 0.102. The molecule has 0 saturated carbocycles. The van der Waals surface area contributed by atoms with Gasteiger partial charge in [0.05, 0.1) is 17.2 Å². The average molecular weight is 359 g/mol. The monoisotopic (exact) mass is 358 g/mol. The van der Waals surface area contributed by atoms with Crippen LogP contribution < -0.4 is 14.8 Å². The molecule has 2 aromatic carbocycles. The molecule has 1 aliphatic rings. The summed E-state index contributed by atoms with van der Waals surface area (Å²) in [5.74, 6) is 0.866. The van der Waals surface area contributed by atoms with Crippen LogP contribution in [0.25, 0.3) is 0 Å². The van der Waals surface area contributed by atoms with Gasteiger partial charge in [0.2, 0.25) is 0 Å². The lowest BCUT2D eigenvalue weighted by Crippen LogP contribution is -2.17. The first-order valence-electron chi connectivity index (χ1n) is 6.58. The first-order chi connectivity index (χ1) is 10.7. The van der Waals surface area contributed by atoms with Gasteiger partial charge >= 0.3 is 0 Å². The molecule has 0 saturated heterocycles. The molecule has 0 atom stereocenters. The zero-order valence-electron chi connectivity index (χ0n) is 11.4. The second-order valence-electron chi connectivity index (χ2n) is 4.62. The molecule has 1 heterocycles. The van der Waals surface area contributed by atoms with Gasteiger partial charge in [0.15, 0.2) is 11.5 Å². The molecule has 5 nitrogen and oxygen atoms in total. The van der Waals surface area contributed by atoms with E-state index in [-0.39, 0.29) is 5.91 Å². The minimum atomic E-state index is -0.293. The molecule has 0 aromatic heterocycles. The van der Waals surface area contributed by atoms with Crippen molar-refractivity contribution in [2.45, 2.75) is 0 Å². The van der Waals surface area contributed by atoms with E-state index >= 15 is 0 Å². The SMILES string of the molecule is N#Cc1cccc(NC(=O)c2cc3c(cc2Br)OCCO3)c1. The van der Waals surface area contributed by atoms with Gasteiger partial charge in [-0.25, -0.2) is 0 Å². The van der Waals surface area contributed by atoms with E-state index in [0.29, 0.717) is 46.0 Å². The summed E-state index contributed by atoms with van der Waals surface area (Å²) in [5.41, 5.74) is 1.48. The summed E-state index contributed by atoms with van der Waals surface area (Å²) in [6.07, 6.45) is 0. The Morgan fingerprint density at radius 2 is 1.91 bits per heavy atom. The molecule has 3 rings (SSSR count). The van der Waals surface area contributed by atoms with Crippen LogP contribution in [0.1, 0.15) is 15.9 Å². The Bertz CT molecular complexity index is 783. The van der Waals surface area contributed by atoms with E-state index in [1.54, 1.807) is 36.4 Å². The number of nitrogens with zero attached hydrogens (tertiary/aromatic N) is 1.